The molecule has 10 nitrogen and oxygen atoms in total. The van der Waals surface area contributed by atoms with E-state index in [1.807, 2.05) is 24.3 Å². The van der Waals surface area contributed by atoms with Gasteiger partial charge in [0.25, 0.3) is 5.91 Å². The van der Waals surface area contributed by atoms with Crippen molar-refractivity contribution in [3.05, 3.63) is 60.7 Å². The first kappa shape index (κ1) is 15.4. The highest BCUT2D eigenvalue weighted by Gasteiger charge is 2.14. The van der Waals surface area contributed by atoms with Crippen molar-refractivity contribution in [3.8, 4) is 5.82 Å². The van der Waals surface area contributed by atoms with Crippen LogP contribution in [0.2, 0.25) is 0 Å². The molecule has 0 unspecified atom stereocenters. The van der Waals surface area contributed by atoms with Gasteiger partial charge >= 0.3 is 0 Å². The summed E-state index contributed by atoms with van der Waals surface area (Å²) >= 11 is 0. The van der Waals surface area contributed by atoms with E-state index < -0.39 is 0 Å². The molecular formula is C16H13N9O. The van der Waals surface area contributed by atoms with E-state index in [0.717, 1.165) is 5.52 Å². The highest BCUT2D eigenvalue weighted by Crippen LogP contribution is 2.23. The van der Waals surface area contributed by atoms with Crippen LogP contribution in [0.3, 0.4) is 0 Å². The fraction of sp³-hybridized carbons (Fsp3) is 0. The Bertz CT molecular complexity index is 1080. The largest absolute Gasteiger partial charge is 0.393 e. The molecule has 0 atom stereocenters. The third-order valence-electron chi connectivity index (χ3n) is 3.65. The summed E-state index contributed by atoms with van der Waals surface area (Å²) in [6, 6.07) is 10.6. The third kappa shape index (κ3) is 2.75. The number of para-hydroxylation sites is 1. The number of nitrogens with two attached hydrogens (primary N) is 1. The molecule has 0 aliphatic rings. The van der Waals surface area contributed by atoms with Crippen molar-refractivity contribution in [3.63, 3.8) is 0 Å². The van der Waals surface area contributed by atoms with E-state index in [-0.39, 0.29) is 17.4 Å². The van der Waals surface area contributed by atoms with Gasteiger partial charge in [-0.1, -0.05) is 17.3 Å². The lowest BCUT2D eigenvalue weighted by molar-refractivity contribution is 0.0962. The number of amides is 1. The molecule has 10 heteroatoms. The number of pyridine rings is 1. The van der Waals surface area contributed by atoms with Crippen LogP contribution in [-0.4, -0.2) is 35.9 Å². The maximum Gasteiger partial charge on any atom is 0.269 e. The van der Waals surface area contributed by atoms with Crippen molar-refractivity contribution < 1.29 is 4.79 Å². The fourth-order valence-electron chi connectivity index (χ4n) is 2.37. The van der Waals surface area contributed by atoms with Gasteiger partial charge in [0, 0.05) is 18.0 Å². The molecule has 3 aromatic heterocycles. The Morgan fingerprint density at radius 1 is 1.08 bits per heavy atom. The van der Waals surface area contributed by atoms with E-state index in [2.05, 4.69) is 36.1 Å². The van der Waals surface area contributed by atoms with Crippen molar-refractivity contribution in [2.24, 2.45) is 0 Å². The highest BCUT2D eigenvalue weighted by molar-refractivity contribution is 5.95. The summed E-state index contributed by atoms with van der Waals surface area (Å²) in [4.78, 5) is 24.2. The van der Waals surface area contributed by atoms with Crippen molar-refractivity contribution in [2.45, 2.75) is 0 Å². The van der Waals surface area contributed by atoms with E-state index in [1.54, 1.807) is 12.1 Å². The SMILES string of the molecule is Nc1c(NNC(=O)c2ccncc2)ncnc1-n1nnc2ccccc21. The monoisotopic (exact) mass is 347 g/mol. The maximum absolute atomic E-state index is 12.1. The van der Waals surface area contributed by atoms with Crippen molar-refractivity contribution in [1.29, 1.82) is 0 Å². The Morgan fingerprint density at radius 3 is 2.73 bits per heavy atom. The molecule has 1 amide bonds. The van der Waals surface area contributed by atoms with Crippen LogP contribution in [0.25, 0.3) is 16.9 Å². The smallest absolute Gasteiger partial charge is 0.269 e. The zero-order valence-electron chi connectivity index (χ0n) is 13.4. The maximum atomic E-state index is 12.1. The minimum atomic E-state index is -0.349. The van der Waals surface area contributed by atoms with Gasteiger partial charge in [-0.25, -0.2) is 9.97 Å². The molecule has 4 aromatic rings. The second-order valence-corrected chi connectivity index (χ2v) is 5.26. The van der Waals surface area contributed by atoms with Gasteiger partial charge in [-0.05, 0) is 24.3 Å². The predicted molar refractivity (Wildman–Crippen MR) is 94.2 cm³/mol. The highest BCUT2D eigenvalue weighted by atomic mass is 16.2. The van der Waals surface area contributed by atoms with Crippen LogP contribution in [0.15, 0.2) is 55.1 Å². The van der Waals surface area contributed by atoms with Crippen molar-refractivity contribution in [2.75, 3.05) is 11.2 Å². The van der Waals surface area contributed by atoms with Gasteiger partial charge in [-0.2, -0.15) is 4.68 Å². The van der Waals surface area contributed by atoms with Crippen LogP contribution in [0.1, 0.15) is 10.4 Å². The van der Waals surface area contributed by atoms with Gasteiger partial charge < -0.3 is 5.73 Å². The number of hydrogen-bond donors (Lipinski definition) is 3. The number of fused-ring (bicyclic) bond motifs is 1. The summed E-state index contributed by atoms with van der Waals surface area (Å²) < 4.78 is 1.52. The topological polar surface area (TPSA) is 137 Å². The first-order valence-corrected chi connectivity index (χ1v) is 7.61. The van der Waals surface area contributed by atoms with Crippen LogP contribution in [-0.2, 0) is 0 Å². The van der Waals surface area contributed by atoms with E-state index in [1.165, 1.54) is 23.4 Å². The molecule has 128 valence electrons. The minimum absolute atomic E-state index is 0.221. The van der Waals surface area contributed by atoms with E-state index in [4.69, 9.17) is 5.73 Å². The average Bonchev–Trinajstić information content (AvgIpc) is 3.11. The summed E-state index contributed by atoms with van der Waals surface area (Å²) in [5.74, 6) is 0.254. The third-order valence-corrected chi connectivity index (χ3v) is 3.65. The Balaban J connectivity index is 1.61. The van der Waals surface area contributed by atoms with Crippen LogP contribution in [0, 0.1) is 0 Å². The number of carbonyl (C=O) groups is 1. The Hall–Kier alpha value is -4.08. The molecule has 0 saturated carbocycles. The molecule has 0 radical (unpaired) electrons. The zero-order chi connectivity index (χ0) is 17.9. The number of benzene rings is 1. The predicted octanol–water partition coefficient (Wildman–Crippen LogP) is 0.945. The van der Waals surface area contributed by atoms with Crippen molar-refractivity contribution >= 4 is 28.4 Å². The molecule has 0 saturated heterocycles. The van der Waals surface area contributed by atoms with Gasteiger partial charge in [0.05, 0.1) is 5.52 Å². The Labute approximate surface area is 147 Å². The van der Waals surface area contributed by atoms with Gasteiger partial charge in [0.2, 0.25) is 0 Å². The Kier molecular flexibility index (Phi) is 3.82. The summed E-state index contributed by atoms with van der Waals surface area (Å²) in [7, 11) is 0. The minimum Gasteiger partial charge on any atom is -0.393 e. The van der Waals surface area contributed by atoms with Gasteiger partial charge in [0.15, 0.2) is 11.6 Å². The first-order valence-electron chi connectivity index (χ1n) is 7.61. The number of rotatable bonds is 4. The summed E-state index contributed by atoms with van der Waals surface area (Å²) in [6.07, 6.45) is 4.38. The number of anilines is 2. The van der Waals surface area contributed by atoms with E-state index in [9.17, 15) is 4.79 Å². The standard InChI is InChI=1S/C16H13N9O/c17-13-14(22-23-16(26)10-5-7-18-8-6-10)19-9-20-15(13)25-12-4-2-1-3-11(12)21-24-25/h1-9H,17H2,(H,23,26)(H,19,20,22). The second-order valence-electron chi connectivity index (χ2n) is 5.26. The van der Waals surface area contributed by atoms with Crippen LogP contribution >= 0.6 is 0 Å². The van der Waals surface area contributed by atoms with Gasteiger partial charge in [-0.3, -0.25) is 20.6 Å². The fourth-order valence-corrected chi connectivity index (χ4v) is 2.37. The molecule has 4 rings (SSSR count). The first-order chi connectivity index (χ1) is 12.7. The molecule has 0 aliphatic carbocycles. The number of hydrogen-bond acceptors (Lipinski definition) is 8. The van der Waals surface area contributed by atoms with Crippen molar-refractivity contribution in [1.82, 2.24) is 35.4 Å². The molecule has 3 heterocycles. The number of nitrogens with one attached hydrogen (secondary N) is 2. The lowest BCUT2D eigenvalue weighted by Crippen LogP contribution is -2.30. The Morgan fingerprint density at radius 2 is 1.88 bits per heavy atom. The lowest BCUT2D eigenvalue weighted by atomic mass is 10.3. The summed E-state index contributed by atoms with van der Waals surface area (Å²) in [5.41, 5.74) is 13.5. The van der Waals surface area contributed by atoms with Crippen LogP contribution in [0.4, 0.5) is 11.5 Å². The molecule has 0 fully saturated rings. The van der Waals surface area contributed by atoms with Crippen LogP contribution in [0.5, 0.6) is 0 Å². The summed E-state index contributed by atoms with van der Waals surface area (Å²) in [5, 5.41) is 8.17. The molecule has 1 aromatic carbocycles. The van der Waals surface area contributed by atoms with Gasteiger partial charge in [-0.15, -0.1) is 5.10 Å². The molecule has 26 heavy (non-hydrogen) atoms. The average molecular weight is 347 g/mol. The molecule has 0 spiro atoms. The quantitative estimate of drug-likeness (QED) is 0.464. The number of aromatic nitrogens is 6. The summed E-state index contributed by atoms with van der Waals surface area (Å²) in [6.45, 7) is 0. The lowest BCUT2D eigenvalue weighted by Gasteiger charge is -2.12. The molecule has 0 bridgehead atoms. The number of nitrogen functional groups attached to an aromatic ring is 1. The second kappa shape index (κ2) is 6.43. The molecule has 4 N–H and O–H groups in total. The zero-order valence-corrected chi connectivity index (χ0v) is 13.4. The molecular weight excluding hydrogens is 334 g/mol. The van der Waals surface area contributed by atoms with E-state index in [0.29, 0.717) is 16.9 Å². The van der Waals surface area contributed by atoms with Gasteiger partial charge in [0.1, 0.15) is 17.5 Å². The van der Waals surface area contributed by atoms with Crippen LogP contribution < -0.4 is 16.6 Å². The van der Waals surface area contributed by atoms with E-state index >= 15 is 0 Å². The number of hydrazine groups is 1. The number of nitrogens with zero attached hydrogens (tertiary/aromatic N) is 6. The molecule has 0 aliphatic heterocycles. The normalized spacial score (nSPS) is 10.6. The number of carbonyl (C=O) groups excluding carboxylic acids is 1.